The van der Waals surface area contributed by atoms with Crippen LogP contribution >= 0.6 is 0 Å². The minimum atomic E-state index is -1.50. The third kappa shape index (κ3) is 17.1. The molecule has 0 radical (unpaired) electrons. The summed E-state index contributed by atoms with van der Waals surface area (Å²) in [5, 5.41) is 35.7. The number of ether oxygens (including phenoxy) is 2. The summed E-state index contributed by atoms with van der Waals surface area (Å²) in [7, 11) is 0. The van der Waals surface area contributed by atoms with Gasteiger partial charge in [-0.1, -0.05) is 36.8 Å². The highest BCUT2D eigenvalue weighted by atomic mass is 16.5. The molecule has 0 unspecified atom stereocenters. The number of imide groups is 1. The van der Waals surface area contributed by atoms with E-state index in [1.54, 1.807) is 38.1 Å². The number of aliphatic hydroxyl groups is 1. The molecule has 9 amide bonds. The van der Waals surface area contributed by atoms with E-state index in [2.05, 4.69) is 36.9 Å². The lowest BCUT2D eigenvalue weighted by molar-refractivity contribution is -0.138. The van der Waals surface area contributed by atoms with Gasteiger partial charge in [0.25, 0.3) is 11.8 Å². The average Bonchev–Trinajstić information content (AvgIpc) is 3.87. The Kier molecular flexibility index (Phi) is 20.4. The number of para-hydroxylation sites is 1. The number of carbonyl (C=O) groups excluding carboxylic acids is 9. The van der Waals surface area contributed by atoms with Crippen LogP contribution in [0, 0.1) is 0 Å². The number of aliphatic carboxylic acids is 1. The van der Waals surface area contributed by atoms with E-state index in [1.807, 2.05) is 23.6 Å². The number of unbranched alkanes of at least 4 members (excludes halogenated alkanes) is 2. The average molecular weight is 1040 g/mol. The lowest BCUT2D eigenvalue weighted by Crippen LogP contribution is -2.56. The summed E-state index contributed by atoms with van der Waals surface area (Å²) in [6.45, 7) is 8.49. The van der Waals surface area contributed by atoms with Crippen LogP contribution < -0.4 is 37.6 Å². The molecule has 75 heavy (non-hydrogen) atoms. The first-order valence-corrected chi connectivity index (χ1v) is 24.2. The van der Waals surface area contributed by atoms with Gasteiger partial charge in [0.1, 0.15) is 48.7 Å². The van der Waals surface area contributed by atoms with Crippen LogP contribution in [0.3, 0.4) is 0 Å². The monoisotopic (exact) mass is 1040 g/mol. The van der Waals surface area contributed by atoms with Crippen LogP contribution in [0.15, 0.2) is 60.7 Å². The zero-order valence-electron chi connectivity index (χ0n) is 42.2. The van der Waals surface area contributed by atoms with Gasteiger partial charge >= 0.3 is 12.1 Å². The molecular formula is C50H63N11O14. The number of benzene rings is 2. The van der Waals surface area contributed by atoms with E-state index in [0.29, 0.717) is 53.8 Å². The van der Waals surface area contributed by atoms with Crippen molar-refractivity contribution in [2.45, 2.75) is 129 Å². The number of hydrogen-bond donors (Lipinski definition) is 9. The molecular weight excluding hydrogens is 979 g/mol. The topological polar surface area (TPSA) is 362 Å². The number of aromatic nitrogens is 3. The molecule has 25 nitrogen and oxygen atoms in total. The fourth-order valence-corrected chi connectivity index (χ4v) is 7.70. The second kappa shape index (κ2) is 26.6. The Labute approximate surface area is 430 Å². The van der Waals surface area contributed by atoms with Crippen LogP contribution in [0.4, 0.5) is 16.3 Å². The maximum Gasteiger partial charge on any atom is 0.413 e. The van der Waals surface area contributed by atoms with Gasteiger partial charge in [-0.2, -0.15) is 0 Å². The van der Waals surface area contributed by atoms with Crippen LogP contribution in [0.5, 0.6) is 0 Å². The number of nitrogens with two attached hydrogens (primary N) is 1. The molecule has 0 fully saturated rings. The van der Waals surface area contributed by atoms with Crippen molar-refractivity contribution in [3.05, 3.63) is 72.1 Å². The van der Waals surface area contributed by atoms with Gasteiger partial charge in [0.15, 0.2) is 5.82 Å². The fourth-order valence-electron chi connectivity index (χ4n) is 7.70. The van der Waals surface area contributed by atoms with Crippen molar-refractivity contribution in [1.29, 1.82) is 0 Å². The third-order valence-electron chi connectivity index (χ3n) is 11.5. The van der Waals surface area contributed by atoms with E-state index in [-0.39, 0.29) is 50.7 Å². The van der Waals surface area contributed by atoms with Crippen LogP contribution in [-0.2, 0) is 72.4 Å². The van der Waals surface area contributed by atoms with Gasteiger partial charge in [-0.3, -0.25) is 53.4 Å². The number of carboxylic acid groups (broad SMARTS) is 1. The first kappa shape index (κ1) is 57.6. The number of carbonyl (C=O) groups is 10. The van der Waals surface area contributed by atoms with Gasteiger partial charge in [-0.05, 0) is 77.6 Å². The molecule has 0 bridgehead atoms. The minimum absolute atomic E-state index is 0.0484. The molecule has 0 aliphatic carbocycles. The standard InChI is InChI=1S/C50H63N11O14/c1-6-74-26-37-58-42-43(61(37)27-50(4,5)73)32-12-9-10-13-33(32)56-44(42)59-49(72)75-25-30-15-17-31(18-16-30)54-48(71)35(24-36(51)62)57-46(69)29(3)52-45(68)28(2)53-47(70)34(19-22-41(66)67)55-38(63)14-8-7-11-23-60-39(64)20-21-40(60)65/h9-10,12-13,15-18,20-21,28-29,34-35,73H,6-8,11,14,19,22-27H2,1-5H3,(H2,51,62)(H,52,68)(H,53,70)(H,54,71)(H,55,63)(H,57,69)(H,66,67)(H,56,59,72)/t28-,29-,34-,35-/m0/s1. The Hall–Kier alpha value is -8.32. The Bertz CT molecular complexity index is 2810. The van der Waals surface area contributed by atoms with Crippen molar-refractivity contribution in [2.24, 2.45) is 5.73 Å². The Morgan fingerprint density at radius 2 is 1.41 bits per heavy atom. The molecule has 0 saturated carbocycles. The smallest absolute Gasteiger partial charge is 0.413 e. The summed E-state index contributed by atoms with van der Waals surface area (Å²) in [5.41, 5.74) is 6.59. The highest BCUT2D eigenvalue weighted by Crippen LogP contribution is 2.32. The number of carboxylic acids is 1. The molecule has 25 heteroatoms. The zero-order valence-corrected chi connectivity index (χ0v) is 42.2. The highest BCUT2D eigenvalue weighted by molar-refractivity contribution is 6.13. The van der Waals surface area contributed by atoms with Crippen molar-refractivity contribution in [2.75, 3.05) is 23.8 Å². The number of pyridine rings is 1. The van der Waals surface area contributed by atoms with Gasteiger partial charge in [-0.15, -0.1) is 0 Å². The van der Waals surface area contributed by atoms with Gasteiger partial charge in [-0.25, -0.2) is 14.8 Å². The summed E-state index contributed by atoms with van der Waals surface area (Å²) >= 11 is 0. The lowest BCUT2D eigenvalue weighted by Gasteiger charge is -2.23. The second-order valence-corrected chi connectivity index (χ2v) is 18.3. The van der Waals surface area contributed by atoms with E-state index >= 15 is 0 Å². The van der Waals surface area contributed by atoms with Crippen LogP contribution in [-0.4, -0.2) is 132 Å². The van der Waals surface area contributed by atoms with Crippen molar-refractivity contribution >= 4 is 92.8 Å². The fraction of sp³-hybridized carbons (Fsp3) is 0.440. The molecule has 0 spiro atoms. The molecule has 1 aliphatic rings. The van der Waals surface area contributed by atoms with Crippen molar-refractivity contribution in [3.63, 3.8) is 0 Å². The highest BCUT2D eigenvalue weighted by Gasteiger charge is 2.30. The maximum atomic E-state index is 13.4. The zero-order chi connectivity index (χ0) is 55.0. The van der Waals surface area contributed by atoms with Gasteiger partial charge in [0.05, 0.1) is 29.6 Å². The minimum Gasteiger partial charge on any atom is -0.481 e. The van der Waals surface area contributed by atoms with Gasteiger partial charge < -0.3 is 56.6 Å². The molecule has 2 aromatic carbocycles. The molecule has 3 heterocycles. The van der Waals surface area contributed by atoms with Crippen LogP contribution in [0.25, 0.3) is 21.9 Å². The van der Waals surface area contributed by atoms with E-state index in [0.717, 1.165) is 10.3 Å². The predicted molar refractivity (Wildman–Crippen MR) is 270 cm³/mol. The van der Waals surface area contributed by atoms with Crippen LogP contribution in [0.2, 0.25) is 0 Å². The molecule has 4 aromatic rings. The quantitative estimate of drug-likeness (QED) is 0.0289. The number of primary amides is 1. The maximum absolute atomic E-state index is 13.4. The summed E-state index contributed by atoms with van der Waals surface area (Å²) in [5.74, 6) is -6.39. The predicted octanol–water partition coefficient (Wildman–Crippen LogP) is 1.78. The molecule has 2 aromatic heterocycles. The number of nitrogens with zero attached hydrogens (tertiary/aromatic N) is 4. The number of amides is 9. The first-order chi connectivity index (χ1) is 35.5. The van der Waals surface area contributed by atoms with E-state index in [1.165, 1.54) is 38.1 Å². The van der Waals surface area contributed by atoms with Gasteiger partial charge in [0, 0.05) is 49.2 Å². The number of nitrogens with one attached hydrogen (secondary N) is 6. The van der Waals surface area contributed by atoms with E-state index in [4.69, 9.17) is 20.2 Å². The van der Waals surface area contributed by atoms with E-state index in [9.17, 15) is 58.2 Å². The number of fused-ring (bicyclic) bond motifs is 3. The summed E-state index contributed by atoms with van der Waals surface area (Å²) in [4.78, 5) is 136. The molecule has 5 rings (SSSR count). The molecule has 0 saturated heterocycles. The Morgan fingerprint density at radius 3 is 2.05 bits per heavy atom. The second-order valence-electron chi connectivity index (χ2n) is 18.3. The lowest BCUT2D eigenvalue weighted by atomic mass is 10.1. The summed E-state index contributed by atoms with van der Waals surface area (Å²) in [6.07, 6.45) is 1.28. The molecule has 402 valence electrons. The summed E-state index contributed by atoms with van der Waals surface area (Å²) < 4.78 is 13.0. The third-order valence-corrected chi connectivity index (χ3v) is 11.5. The SMILES string of the molecule is CCOCc1nc2c(NC(=O)OCc3ccc(NC(=O)[C@H](CC(N)=O)NC(=O)[C@H](C)NC(=O)[C@H](C)NC(=O)[C@H](CCC(=O)O)NC(=O)CCCCCN4C(=O)C=CC4=O)cc3)nc3ccccc3c2n1CC(C)(C)O. The largest absolute Gasteiger partial charge is 0.481 e. The van der Waals surface area contributed by atoms with Crippen molar-refractivity contribution in [3.8, 4) is 0 Å². The van der Waals surface area contributed by atoms with E-state index < -0.39 is 102 Å². The molecule has 1 aliphatic heterocycles. The summed E-state index contributed by atoms with van der Waals surface area (Å²) in [6, 6.07) is 7.94. The van der Waals surface area contributed by atoms with Gasteiger partial charge in [0.2, 0.25) is 35.4 Å². The van der Waals surface area contributed by atoms with Crippen LogP contribution in [0.1, 0.15) is 91.0 Å². The molecule has 4 atom stereocenters. The Morgan fingerprint density at radius 1 is 0.760 bits per heavy atom. The number of hydrogen-bond acceptors (Lipinski definition) is 15. The number of rotatable bonds is 28. The Balaban J connectivity index is 1.12. The van der Waals surface area contributed by atoms with Crippen molar-refractivity contribution < 1.29 is 67.6 Å². The molecule has 10 N–H and O–H groups in total. The number of anilines is 2. The first-order valence-electron chi connectivity index (χ1n) is 24.2. The van der Waals surface area contributed by atoms with Crippen molar-refractivity contribution in [1.82, 2.24) is 40.7 Å². The number of imidazole rings is 1. The normalized spacial score (nSPS) is 13.9.